The summed E-state index contributed by atoms with van der Waals surface area (Å²) >= 11 is 7.62. The van der Waals surface area contributed by atoms with Crippen LogP contribution in [-0.4, -0.2) is 40.1 Å². The lowest BCUT2D eigenvalue weighted by molar-refractivity contribution is -0.116. The standard InChI is InChI=1S/C22H23ClN4O3S/c1-27-20(15-24-21(28)12-7-16-5-3-4-6-19(16)23)25-26-22(27)31-14-13-30-18-10-8-17(29-2)9-11-18/h3-12H,13-15H2,1-2H3,(H,24,28). The third-order valence-corrected chi connectivity index (χ3v) is 5.64. The number of nitrogens with zero attached hydrogens (tertiary/aromatic N) is 3. The van der Waals surface area contributed by atoms with Gasteiger partial charge >= 0.3 is 0 Å². The van der Waals surface area contributed by atoms with Crippen molar-refractivity contribution in [2.45, 2.75) is 11.7 Å². The Morgan fingerprint density at radius 1 is 1.16 bits per heavy atom. The molecule has 0 fully saturated rings. The first-order chi connectivity index (χ1) is 15.1. The normalized spacial score (nSPS) is 10.9. The van der Waals surface area contributed by atoms with Gasteiger partial charge in [0.05, 0.1) is 20.3 Å². The third-order valence-electron chi connectivity index (χ3n) is 4.31. The highest BCUT2D eigenvalue weighted by Gasteiger charge is 2.10. The zero-order valence-corrected chi connectivity index (χ0v) is 18.8. The van der Waals surface area contributed by atoms with E-state index < -0.39 is 0 Å². The fourth-order valence-electron chi connectivity index (χ4n) is 2.59. The number of carbonyl (C=O) groups excluding carboxylic acids is 1. The fraction of sp³-hybridized carbons (Fsp3) is 0.227. The molecular weight excluding hydrogens is 436 g/mol. The lowest BCUT2D eigenvalue weighted by Gasteiger charge is -2.07. The first-order valence-corrected chi connectivity index (χ1v) is 10.9. The smallest absolute Gasteiger partial charge is 0.244 e. The van der Waals surface area contributed by atoms with Gasteiger partial charge in [0.15, 0.2) is 11.0 Å². The van der Waals surface area contributed by atoms with Gasteiger partial charge in [-0.25, -0.2) is 0 Å². The van der Waals surface area contributed by atoms with Crippen LogP contribution in [-0.2, 0) is 18.4 Å². The van der Waals surface area contributed by atoms with E-state index in [-0.39, 0.29) is 12.5 Å². The van der Waals surface area contributed by atoms with Gasteiger partial charge in [0.1, 0.15) is 11.5 Å². The van der Waals surface area contributed by atoms with Gasteiger partial charge < -0.3 is 19.4 Å². The maximum absolute atomic E-state index is 12.1. The molecule has 3 rings (SSSR count). The summed E-state index contributed by atoms with van der Waals surface area (Å²) in [5.41, 5.74) is 0.786. The van der Waals surface area contributed by atoms with Crippen molar-refractivity contribution in [3.05, 3.63) is 71.0 Å². The summed E-state index contributed by atoms with van der Waals surface area (Å²) in [7, 11) is 3.50. The van der Waals surface area contributed by atoms with E-state index in [0.717, 1.165) is 22.2 Å². The number of methoxy groups -OCH3 is 1. The molecule has 0 aliphatic rings. The highest BCUT2D eigenvalue weighted by molar-refractivity contribution is 7.99. The number of carbonyl (C=O) groups is 1. The van der Waals surface area contributed by atoms with E-state index in [1.165, 1.54) is 17.8 Å². The Kier molecular flexibility index (Phi) is 8.37. The summed E-state index contributed by atoms with van der Waals surface area (Å²) in [4.78, 5) is 12.1. The van der Waals surface area contributed by atoms with Crippen LogP contribution in [0, 0.1) is 0 Å². The summed E-state index contributed by atoms with van der Waals surface area (Å²) in [5.74, 6) is 2.72. The van der Waals surface area contributed by atoms with Gasteiger partial charge in [0.2, 0.25) is 5.91 Å². The molecule has 0 bridgehead atoms. The average molecular weight is 459 g/mol. The molecule has 1 heterocycles. The van der Waals surface area contributed by atoms with Crippen molar-refractivity contribution >= 4 is 35.3 Å². The molecule has 9 heteroatoms. The Balaban J connectivity index is 1.43. The minimum atomic E-state index is -0.231. The minimum Gasteiger partial charge on any atom is -0.497 e. The molecule has 1 N–H and O–H groups in total. The molecule has 31 heavy (non-hydrogen) atoms. The SMILES string of the molecule is COc1ccc(OCCSc2nnc(CNC(=O)C=Cc3ccccc3Cl)n2C)cc1. The summed E-state index contributed by atoms with van der Waals surface area (Å²) in [6.45, 7) is 0.806. The van der Waals surface area contributed by atoms with E-state index in [1.54, 1.807) is 19.3 Å². The first kappa shape index (κ1) is 22.7. The summed E-state index contributed by atoms with van der Waals surface area (Å²) in [6.07, 6.45) is 3.13. The van der Waals surface area contributed by atoms with Crippen LogP contribution in [0.3, 0.4) is 0 Å². The first-order valence-electron chi connectivity index (χ1n) is 9.55. The Bertz CT molecular complexity index is 1040. The number of thioether (sulfide) groups is 1. The van der Waals surface area contributed by atoms with Crippen molar-refractivity contribution in [2.75, 3.05) is 19.5 Å². The van der Waals surface area contributed by atoms with Crippen LogP contribution in [0.5, 0.6) is 11.5 Å². The van der Waals surface area contributed by atoms with Crippen LogP contribution >= 0.6 is 23.4 Å². The maximum atomic E-state index is 12.1. The van der Waals surface area contributed by atoms with Gasteiger partial charge in [0.25, 0.3) is 0 Å². The lowest BCUT2D eigenvalue weighted by atomic mass is 10.2. The van der Waals surface area contributed by atoms with E-state index in [1.807, 2.05) is 54.1 Å². The average Bonchev–Trinajstić information content (AvgIpc) is 3.14. The largest absolute Gasteiger partial charge is 0.497 e. The Morgan fingerprint density at radius 3 is 2.65 bits per heavy atom. The molecule has 2 aromatic carbocycles. The highest BCUT2D eigenvalue weighted by Crippen LogP contribution is 2.19. The molecule has 0 saturated heterocycles. The maximum Gasteiger partial charge on any atom is 0.244 e. The van der Waals surface area contributed by atoms with Crippen molar-refractivity contribution in [3.8, 4) is 11.5 Å². The number of benzene rings is 2. The zero-order chi connectivity index (χ0) is 22.1. The van der Waals surface area contributed by atoms with Crippen LogP contribution < -0.4 is 14.8 Å². The van der Waals surface area contributed by atoms with E-state index in [0.29, 0.717) is 23.2 Å². The summed E-state index contributed by atoms with van der Waals surface area (Å²) in [5, 5.41) is 12.5. The Labute approximate surface area is 190 Å². The van der Waals surface area contributed by atoms with Crippen molar-refractivity contribution in [2.24, 2.45) is 7.05 Å². The molecule has 0 aliphatic carbocycles. The minimum absolute atomic E-state index is 0.231. The molecule has 1 aromatic heterocycles. The van der Waals surface area contributed by atoms with E-state index in [9.17, 15) is 4.79 Å². The van der Waals surface area contributed by atoms with Crippen LogP contribution in [0.4, 0.5) is 0 Å². The third kappa shape index (κ3) is 6.77. The van der Waals surface area contributed by atoms with Gasteiger partial charge in [-0.15, -0.1) is 10.2 Å². The molecule has 0 unspecified atom stereocenters. The highest BCUT2D eigenvalue weighted by atomic mass is 35.5. The van der Waals surface area contributed by atoms with Crippen LogP contribution in [0.15, 0.2) is 59.8 Å². The lowest BCUT2D eigenvalue weighted by Crippen LogP contribution is -2.22. The second-order valence-electron chi connectivity index (χ2n) is 6.40. The number of rotatable bonds is 10. The molecule has 7 nitrogen and oxygen atoms in total. The van der Waals surface area contributed by atoms with Crippen LogP contribution in [0.25, 0.3) is 6.08 Å². The van der Waals surface area contributed by atoms with Crippen molar-refractivity contribution in [1.82, 2.24) is 20.1 Å². The van der Waals surface area contributed by atoms with Gasteiger partial charge in [-0.3, -0.25) is 4.79 Å². The van der Waals surface area contributed by atoms with Gasteiger partial charge in [-0.05, 0) is 42.0 Å². The molecule has 0 spiro atoms. The summed E-state index contributed by atoms with van der Waals surface area (Å²) < 4.78 is 12.7. The molecule has 3 aromatic rings. The molecule has 0 saturated carbocycles. The van der Waals surface area contributed by atoms with Gasteiger partial charge in [-0.1, -0.05) is 41.6 Å². The predicted molar refractivity (Wildman–Crippen MR) is 123 cm³/mol. The molecule has 0 radical (unpaired) electrons. The molecule has 0 aliphatic heterocycles. The monoisotopic (exact) mass is 458 g/mol. The predicted octanol–water partition coefficient (Wildman–Crippen LogP) is 3.98. The quantitative estimate of drug-likeness (QED) is 0.281. The molecule has 0 atom stereocenters. The molecular formula is C22H23ClN4O3S. The summed E-state index contributed by atoms with van der Waals surface area (Å²) in [6, 6.07) is 14.8. The molecule has 162 valence electrons. The van der Waals surface area contributed by atoms with E-state index in [4.69, 9.17) is 21.1 Å². The van der Waals surface area contributed by atoms with Crippen LogP contribution in [0.2, 0.25) is 5.02 Å². The number of amides is 1. The van der Waals surface area contributed by atoms with E-state index in [2.05, 4.69) is 15.5 Å². The van der Waals surface area contributed by atoms with Gasteiger partial charge in [-0.2, -0.15) is 0 Å². The van der Waals surface area contributed by atoms with Gasteiger partial charge in [0, 0.05) is 23.9 Å². The second-order valence-corrected chi connectivity index (χ2v) is 7.87. The number of aromatic nitrogens is 3. The van der Waals surface area contributed by atoms with Crippen molar-refractivity contribution in [3.63, 3.8) is 0 Å². The number of nitrogens with one attached hydrogen (secondary N) is 1. The fourth-order valence-corrected chi connectivity index (χ4v) is 3.54. The van der Waals surface area contributed by atoms with Crippen molar-refractivity contribution in [1.29, 1.82) is 0 Å². The Morgan fingerprint density at radius 2 is 1.90 bits per heavy atom. The number of hydrogen-bond donors (Lipinski definition) is 1. The van der Waals surface area contributed by atoms with E-state index >= 15 is 0 Å². The Hall–Kier alpha value is -2.97. The number of hydrogen-bond acceptors (Lipinski definition) is 6. The zero-order valence-electron chi connectivity index (χ0n) is 17.2. The van der Waals surface area contributed by atoms with Crippen LogP contribution in [0.1, 0.15) is 11.4 Å². The number of halogens is 1. The van der Waals surface area contributed by atoms with Crippen molar-refractivity contribution < 1.29 is 14.3 Å². The second kappa shape index (κ2) is 11.4. The number of ether oxygens (including phenoxy) is 2. The molecule has 1 amide bonds. The topological polar surface area (TPSA) is 78.3 Å².